The van der Waals surface area contributed by atoms with Gasteiger partial charge in [-0.2, -0.15) is 0 Å². The molecule has 14 heavy (non-hydrogen) atoms. The summed E-state index contributed by atoms with van der Waals surface area (Å²) in [6.45, 7) is 0. The summed E-state index contributed by atoms with van der Waals surface area (Å²) in [5.41, 5.74) is 5.42. The van der Waals surface area contributed by atoms with Crippen LogP contribution in [-0.4, -0.2) is 28.2 Å². The van der Waals surface area contributed by atoms with Crippen LogP contribution >= 0.6 is 0 Å². The highest BCUT2D eigenvalue weighted by molar-refractivity contribution is 5.77. The maximum absolute atomic E-state index is 10.8. The fourth-order valence-corrected chi connectivity index (χ4v) is 1.70. The van der Waals surface area contributed by atoms with Crippen molar-refractivity contribution in [1.82, 2.24) is 0 Å². The second-order valence-electron chi connectivity index (χ2n) is 3.42. The van der Waals surface area contributed by atoms with Crippen LogP contribution in [0.4, 0.5) is 0 Å². The number of hydrogen-bond acceptors (Lipinski definition) is 3. The quantitative estimate of drug-likeness (QED) is 0.558. The predicted molar refractivity (Wildman–Crippen MR) is 48.6 cm³/mol. The highest BCUT2D eigenvalue weighted by Gasteiger charge is 2.35. The molecule has 0 radical (unpaired) electrons. The number of carboxylic acid groups (broad SMARTS) is 2. The maximum Gasteiger partial charge on any atom is 0.320 e. The summed E-state index contributed by atoms with van der Waals surface area (Å²) in [5, 5.41) is 17.5. The molecule has 5 nitrogen and oxygen atoms in total. The van der Waals surface area contributed by atoms with Gasteiger partial charge in [0.2, 0.25) is 0 Å². The SMILES string of the molecule is NC(C(=O)O)[C@@H]1CC=CC[C@H]1C(=O)O. The van der Waals surface area contributed by atoms with E-state index >= 15 is 0 Å². The Morgan fingerprint density at radius 2 is 1.86 bits per heavy atom. The second kappa shape index (κ2) is 4.23. The maximum atomic E-state index is 10.8. The van der Waals surface area contributed by atoms with Crippen molar-refractivity contribution >= 4 is 11.9 Å². The molecule has 0 heterocycles. The molecule has 0 amide bonds. The predicted octanol–water partition coefficient (Wildman–Crippen LogP) is 0.0653. The molecule has 0 spiro atoms. The zero-order chi connectivity index (χ0) is 10.7. The molecular weight excluding hydrogens is 186 g/mol. The summed E-state index contributed by atoms with van der Waals surface area (Å²) >= 11 is 0. The zero-order valence-electron chi connectivity index (χ0n) is 7.59. The van der Waals surface area contributed by atoms with Crippen molar-refractivity contribution in [2.45, 2.75) is 18.9 Å². The Morgan fingerprint density at radius 3 is 2.36 bits per heavy atom. The van der Waals surface area contributed by atoms with Crippen LogP contribution < -0.4 is 5.73 Å². The number of rotatable bonds is 3. The molecule has 3 atom stereocenters. The lowest BCUT2D eigenvalue weighted by Gasteiger charge is -2.27. The summed E-state index contributed by atoms with van der Waals surface area (Å²) in [6, 6.07) is -1.10. The molecule has 5 heteroatoms. The van der Waals surface area contributed by atoms with E-state index in [1.54, 1.807) is 12.2 Å². The zero-order valence-corrected chi connectivity index (χ0v) is 7.59. The van der Waals surface area contributed by atoms with Gasteiger partial charge in [0.05, 0.1) is 5.92 Å². The third-order valence-corrected chi connectivity index (χ3v) is 2.55. The molecule has 4 N–H and O–H groups in total. The lowest BCUT2D eigenvalue weighted by molar-refractivity contribution is -0.146. The molecule has 0 aromatic rings. The molecule has 1 aliphatic carbocycles. The average Bonchev–Trinajstić information content (AvgIpc) is 2.16. The monoisotopic (exact) mass is 199 g/mol. The third kappa shape index (κ3) is 2.11. The molecule has 0 saturated heterocycles. The average molecular weight is 199 g/mol. The first-order chi connectivity index (χ1) is 6.54. The lowest BCUT2D eigenvalue weighted by atomic mass is 9.78. The van der Waals surface area contributed by atoms with Crippen LogP contribution in [0.2, 0.25) is 0 Å². The minimum Gasteiger partial charge on any atom is -0.481 e. The van der Waals surface area contributed by atoms with Gasteiger partial charge >= 0.3 is 11.9 Å². The van der Waals surface area contributed by atoms with E-state index in [0.29, 0.717) is 12.8 Å². The number of nitrogens with two attached hydrogens (primary N) is 1. The smallest absolute Gasteiger partial charge is 0.320 e. The number of aliphatic carboxylic acids is 2. The van der Waals surface area contributed by atoms with Gasteiger partial charge < -0.3 is 15.9 Å². The van der Waals surface area contributed by atoms with Crippen molar-refractivity contribution in [2.75, 3.05) is 0 Å². The minimum absolute atomic E-state index is 0.362. The molecule has 0 aromatic heterocycles. The van der Waals surface area contributed by atoms with E-state index in [9.17, 15) is 9.59 Å². The van der Waals surface area contributed by atoms with Crippen molar-refractivity contribution in [3.63, 3.8) is 0 Å². The normalized spacial score (nSPS) is 28.4. The van der Waals surface area contributed by atoms with E-state index in [1.165, 1.54) is 0 Å². The Balaban J connectivity index is 2.79. The van der Waals surface area contributed by atoms with Crippen LogP contribution in [0, 0.1) is 11.8 Å². The molecule has 0 fully saturated rings. The van der Waals surface area contributed by atoms with Gasteiger partial charge in [-0.15, -0.1) is 0 Å². The number of allylic oxidation sites excluding steroid dienone is 2. The Hall–Kier alpha value is -1.36. The largest absolute Gasteiger partial charge is 0.481 e. The Labute approximate surface area is 81.2 Å². The van der Waals surface area contributed by atoms with Gasteiger partial charge in [0, 0.05) is 5.92 Å². The van der Waals surface area contributed by atoms with Crippen molar-refractivity contribution in [3.8, 4) is 0 Å². The van der Waals surface area contributed by atoms with Crippen LogP contribution in [-0.2, 0) is 9.59 Å². The van der Waals surface area contributed by atoms with Gasteiger partial charge in [-0.1, -0.05) is 12.2 Å². The molecule has 0 bridgehead atoms. The molecule has 1 unspecified atom stereocenters. The van der Waals surface area contributed by atoms with E-state index in [-0.39, 0.29) is 0 Å². The summed E-state index contributed by atoms with van der Waals surface area (Å²) in [7, 11) is 0. The van der Waals surface area contributed by atoms with Crippen molar-refractivity contribution < 1.29 is 19.8 Å². The lowest BCUT2D eigenvalue weighted by Crippen LogP contribution is -2.44. The van der Waals surface area contributed by atoms with Crippen molar-refractivity contribution in [3.05, 3.63) is 12.2 Å². The molecule has 1 aliphatic rings. The number of carbonyl (C=O) groups is 2. The Kier molecular flexibility index (Phi) is 3.24. The van der Waals surface area contributed by atoms with Crippen LogP contribution in [0.3, 0.4) is 0 Å². The van der Waals surface area contributed by atoms with Gasteiger partial charge in [0.1, 0.15) is 6.04 Å². The Bertz CT molecular complexity index is 274. The van der Waals surface area contributed by atoms with Gasteiger partial charge in [0.15, 0.2) is 0 Å². The number of hydrogen-bond donors (Lipinski definition) is 3. The van der Waals surface area contributed by atoms with Crippen molar-refractivity contribution in [2.24, 2.45) is 17.6 Å². The van der Waals surface area contributed by atoms with Gasteiger partial charge in [0.25, 0.3) is 0 Å². The van der Waals surface area contributed by atoms with Crippen LogP contribution in [0.1, 0.15) is 12.8 Å². The van der Waals surface area contributed by atoms with Gasteiger partial charge in [-0.3, -0.25) is 9.59 Å². The molecular formula is C9H13NO4. The van der Waals surface area contributed by atoms with Crippen LogP contribution in [0.15, 0.2) is 12.2 Å². The summed E-state index contributed by atoms with van der Waals surface area (Å²) in [5.74, 6) is -3.30. The second-order valence-corrected chi connectivity index (χ2v) is 3.42. The molecule has 78 valence electrons. The first kappa shape index (κ1) is 10.7. The van der Waals surface area contributed by atoms with E-state index in [0.717, 1.165) is 0 Å². The van der Waals surface area contributed by atoms with Crippen LogP contribution in [0.25, 0.3) is 0 Å². The highest BCUT2D eigenvalue weighted by Crippen LogP contribution is 2.27. The fourth-order valence-electron chi connectivity index (χ4n) is 1.70. The van der Waals surface area contributed by atoms with E-state index in [2.05, 4.69) is 0 Å². The minimum atomic E-state index is -1.14. The van der Waals surface area contributed by atoms with E-state index in [1.807, 2.05) is 0 Å². The highest BCUT2D eigenvalue weighted by atomic mass is 16.4. The first-order valence-electron chi connectivity index (χ1n) is 4.40. The standard InChI is InChI=1S/C9H13NO4/c10-7(9(13)14)5-3-1-2-4-6(5)8(11)12/h1-2,5-7H,3-4,10H2,(H,11,12)(H,13,14)/t5-,6-,7?/m1/s1. The molecule has 0 aliphatic heterocycles. The van der Waals surface area contributed by atoms with Crippen molar-refractivity contribution in [1.29, 1.82) is 0 Å². The third-order valence-electron chi connectivity index (χ3n) is 2.55. The van der Waals surface area contributed by atoms with E-state index < -0.39 is 29.8 Å². The topological polar surface area (TPSA) is 101 Å². The summed E-state index contributed by atoms with van der Waals surface area (Å²) in [4.78, 5) is 21.4. The van der Waals surface area contributed by atoms with Gasteiger partial charge in [-0.25, -0.2) is 0 Å². The van der Waals surface area contributed by atoms with Crippen LogP contribution in [0.5, 0.6) is 0 Å². The molecule has 0 aromatic carbocycles. The molecule has 1 rings (SSSR count). The molecule has 0 saturated carbocycles. The van der Waals surface area contributed by atoms with Gasteiger partial charge in [-0.05, 0) is 12.8 Å². The number of carboxylic acids is 2. The van der Waals surface area contributed by atoms with E-state index in [4.69, 9.17) is 15.9 Å². The Morgan fingerprint density at radius 1 is 1.29 bits per heavy atom. The fraction of sp³-hybridized carbons (Fsp3) is 0.556. The first-order valence-corrected chi connectivity index (χ1v) is 4.40. The summed E-state index contributed by atoms with van der Waals surface area (Å²) < 4.78 is 0. The summed E-state index contributed by atoms with van der Waals surface area (Å²) in [6.07, 6.45) is 4.32.